The monoisotopic (exact) mass is 823 g/mol. The summed E-state index contributed by atoms with van der Waals surface area (Å²) in [7, 11) is 0. The Hall–Kier alpha value is -8.52. The molecule has 65 heavy (non-hydrogen) atoms. The van der Waals surface area contributed by atoms with Gasteiger partial charge in [-0.3, -0.25) is 0 Å². The van der Waals surface area contributed by atoms with Crippen molar-refractivity contribution in [3.05, 3.63) is 249 Å². The fraction of sp³-hybridized carbons (Fsp3) is 0. The van der Waals surface area contributed by atoms with E-state index in [9.17, 15) is 0 Å². The highest BCUT2D eigenvalue weighted by Gasteiger charge is 2.19. The highest BCUT2D eigenvalue weighted by molar-refractivity contribution is 6.22. The van der Waals surface area contributed by atoms with Gasteiger partial charge >= 0.3 is 0 Å². The molecular weight excluding hydrogens is 783 g/mol. The van der Waals surface area contributed by atoms with Gasteiger partial charge in [-0.2, -0.15) is 0 Å². The van der Waals surface area contributed by atoms with Crippen molar-refractivity contribution in [2.45, 2.75) is 0 Å². The lowest BCUT2D eigenvalue weighted by Crippen LogP contribution is -1.94. The van der Waals surface area contributed by atoms with Crippen LogP contribution in [0.4, 0.5) is 0 Å². The van der Waals surface area contributed by atoms with E-state index >= 15 is 0 Å². The average molecular weight is 824 g/mol. The standard InChI is InChI=1S/C64H41N/c1-3-17-45(18-4-1)63-55-25-11-12-26-56(55)64(46-19-5-2-6-20-46)60-39-47(31-36-57(60)63)42-29-34-50(35-30-42)65-61-37-32-48(53-27-13-21-43-15-7-9-23-51(43)53)40-58(61)59-41-49(33-38-62(59)65)54-28-14-22-44-16-8-10-24-52(44)54/h1-41H. The van der Waals surface area contributed by atoms with Crippen LogP contribution in [0.1, 0.15) is 0 Å². The summed E-state index contributed by atoms with van der Waals surface area (Å²) >= 11 is 0. The van der Waals surface area contributed by atoms with Crippen LogP contribution in [0.2, 0.25) is 0 Å². The van der Waals surface area contributed by atoms with E-state index < -0.39 is 0 Å². The Morgan fingerprint density at radius 2 is 0.615 bits per heavy atom. The summed E-state index contributed by atoms with van der Waals surface area (Å²) in [5.74, 6) is 0. The summed E-state index contributed by atoms with van der Waals surface area (Å²) in [5.41, 5.74) is 15.8. The smallest absolute Gasteiger partial charge is 0.0541 e. The van der Waals surface area contributed by atoms with Crippen LogP contribution < -0.4 is 0 Å². The summed E-state index contributed by atoms with van der Waals surface area (Å²) in [6, 6.07) is 91.6. The topological polar surface area (TPSA) is 4.93 Å². The summed E-state index contributed by atoms with van der Waals surface area (Å²) in [4.78, 5) is 0. The van der Waals surface area contributed by atoms with Crippen molar-refractivity contribution in [1.82, 2.24) is 4.57 Å². The Morgan fingerprint density at radius 3 is 1.15 bits per heavy atom. The highest BCUT2D eigenvalue weighted by atomic mass is 15.0. The van der Waals surface area contributed by atoms with Crippen molar-refractivity contribution < 1.29 is 0 Å². The second-order valence-electron chi connectivity index (χ2n) is 17.2. The molecule has 0 aliphatic rings. The van der Waals surface area contributed by atoms with E-state index in [2.05, 4.69) is 253 Å². The molecule has 0 fully saturated rings. The van der Waals surface area contributed by atoms with E-state index in [4.69, 9.17) is 0 Å². The minimum Gasteiger partial charge on any atom is -0.309 e. The molecule has 0 aliphatic carbocycles. The van der Waals surface area contributed by atoms with E-state index in [0.717, 1.165) is 5.69 Å². The molecule has 1 heteroatoms. The lowest BCUT2D eigenvalue weighted by molar-refractivity contribution is 1.18. The minimum absolute atomic E-state index is 1.13. The lowest BCUT2D eigenvalue weighted by atomic mass is 9.85. The normalized spacial score (nSPS) is 11.7. The van der Waals surface area contributed by atoms with Gasteiger partial charge in [0.1, 0.15) is 0 Å². The van der Waals surface area contributed by atoms with E-state index in [1.54, 1.807) is 0 Å². The maximum atomic E-state index is 2.44. The fourth-order valence-electron chi connectivity index (χ4n) is 10.6. The number of aromatic nitrogens is 1. The summed E-state index contributed by atoms with van der Waals surface area (Å²) in [6.45, 7) is 0. The van der Waals surface area contributed by atoms with Crippen molar-refractivity contribution in [2.24, 2.45) is 0 Å². The first-order chi connectivity index (χ1) is 32.2. The van der Waals surface area contributed by atoms with Crippen molar-refractivity contribution in [3.63, 3.8) is 0 Å². The van der Waals surface area contributed by atoms with E-state index in [-0.39, 0.29) is 0 Å². The predicted molar refractivity (Wildman–Crippen MR) is 278 cm³/mol. The number of hydrogen-bond donors (Lipinski definition) is 0. The van der Waals surface area contributed by atoms with Gasteiger partial charge < -0.3 is 4.57 Å². The molecule has 0 saturated carbocycles. The van der Waals surface area contributed by atoms with Gasteiger partial charge in [0.25, 0.3) is 0 Å². The first-order valence-corrected chi connectivity index (χ1v) is 22.5. The van der Waals surface area contributed by atoms with E-state index in [0.29, 0.717) is 0 Å². The molecule has 0 bridgehead atoms. The van der Waals surface area contributed by atoms with Crippen LogP contribution in [0.15, 0.2) is 249 Å². The highest BCUT2D eigenvalue weighted by Crippen LogP contribution is 2.45. The quantitative estimate of drug-likeness (QED) is 0.147. The Balaban J connectivity index is 0.989. The van der Waals surface area contributed by atoms with Crippen molar-refractivity contribution >= 4 is 64.9 Å². The molecule has 0 saturated heterocycles. The fourth-order valence-corrected chi connectivity index (χ4v) is 10.6. The van der Waals surface area contributed by atoms with Gasteiger partial charge in [-0.05, 0) is 141 Å². The SMILES string of the molecule is c1ccc(-c2c3ccccc3c(-c3ccccc3)c3cc(-c4ccc(-n5c6ccc(-c7cccc8ccccc78)cc6c6cc(-c7cccc8ccccc78)ccc65)cc4)ccc23)cc1. The van der Waals surface area contributed by atoms with Crippen LogP contribution in [-0.2, 0) is 0 Å². The average Bonchev–Trinajstić information content (AvgIpc) is 3.71. The molecule has 0 N–H and O–H groups in total. The number of benzene rings is 12. The molecule has 0 radical (unpaired) electrons. The van der Waals surface area contributed by atoms with Gasteiger partial charge in [0, 0.05) is 16.5 Å². The second kappa shape index (κ2) is 15.1. The molecule has 302 valence electrons. The van der Waals surface area contributed by atoms with Crippen LogP contribution in [0.5, 0.6) is 0 Å². The van der Waals surface area contributed by atoms with E-state index in [1.165, 1.54) is 121 Å². The van der Waals surface area contributed by atoms with Crippen LogP contribution in [-0.4, -0.2) is 4.57 Å². The molecule has 0 unspecified atom stereocenters. The second-order valence-corrected chi connectivity index (χ2v) is 17.2. The third-order valence-electron chi connectivity index (χ3n) is 13.6. The third kappa shape index (κ3) is 6.09. The van der Waals surface area contributed by atoms with Gasteiger partial charge in [0.15, 0.2) is 0 Å². The van der Waals surface area contributed by atoms with Gasteiger partial charge in [-0.1, -0.05) is 206 Å². The number of fused-ring (bicyclic) bond motifs is 7. The summed E-state index contributed by atoms with van der Waals surface area (Å²) < 4.78 is 2.44. The molecule has 13 rings (SSSR count). The molecule has 1 nitrogen and oxygen atoms in total. The Morgan fingerprint density at radius 1 is 0.215 bits per heavy atom. The Labute approximate surface area is 377 Å². The van der Waals surface area contributed by atoms with Crippen LogP contribution in [0.3, 0.4) is 0 Å². The molecular formula is C64H41N. The first-order valence-electron chi connectivity index (χ1n) is 22.5. The van der Waals surface area contributed by atoms with Crippen LogP contribution in [0.25, 0.3) is 126 Å². The summed E-state index contributed by atoms with van der Waals surface area (Å²) in [6.07, 6.45) is 0. The van der Waals surface area contributed by atoms with Crippen LogP contribution in [0, 0.1) is 0 Å². The van der Waals surface area contributed by atoms with Gasteiger partial charge in [-0.15, -0.1) is 0 Å². The Bertz CT molecular complexity index is 3820. The molecule has 13 aromatic rings. The molecule has 0 aliphatic heterocycles. The first kappa shape index (κ1) is 37.1. The molecule has 1 aromatic heterocycles. The molecule has 0 atom stereocenters. The van der Waals surface area contributed by atoms with Crippen molar-refractivity contribution in [2.75, 3.05) is 0 Å². The Kier molecular flexibility index (Phi) is 8.60. The molecule has 1 heterocycles. The van der Waals surface area contributed by atoms with Crippen molar-refractivity contribution in [3.8, 4) is 61.3 Å². The number of hydrogen-bond acceptors (Lipinski definition) is 0. The van der Waals surface area contributed by atoms with Gasteiger partial charge in [0.2, 0.25) is 0 Å². The molecule has 0 spiro atoms. The van der Waals surface area contributed by atoms with Crippen LogP contribution >= 0.6 is 0 Å². The number of nitrogens with zero attached hydrogens (tertiary/aromatic N) is 1. The van der Waals surface area contributed by atoms with E-state index in [1.807, 2.05) is 0 Å². The number of rotatable bonds is 6. The zero-order valence-corrected chi connectivity index (χ0v) is 35.6. The lowest BCUT2D eigenvalue weighted by Gasteiger charge is -2.19. The largest absolute Gasteiger partial charge is 0.309 e. The minimum atomic E-state index is 1.13. The molecule has 0 amide bonds. The van der Waals surface area contributed by atoms with Crippen molar-refractivity contribution in [1.29, 1.82) is 0 Å². The maximum Gasteiger partial charge on any atom is 0.0541 e. The molecule has 12 aromatic carbocycles. The summed E-state index contributed by atoms with van der Waals surface area (Å²) in [5, 5.41) is 12.5. The zero-order valence-electron chi connectivity index (χ0n) is 35.6. The predicted octanol–water partition coefficient (Wildman–Crippen LogP) is 17.7. The third-order valence-corrected chi connectivity index (χ3v) is 13.6. The zero-order chi connectivity index (χ0) is 42.8. The maximum absolute atomic E-state index is 2.44. The van der Waals surface area contributed by atoms with Gasteiger partial charge in [0.05, 0.1) is 11.0 Å². The van der Waals surface area contributed by atoms with Gasteiger partial charge in [-0.25, -0.2) is 0 Å².